The first-order valence-corrected chi connectivity index (χ1v) is 12.0. The fourth-order valence-electron chi connectivity index (χ4n) is 3.31. The van der Waals surface area contributed by atoms with Gasteiger partial charge in [-0.1, -0.05) is 30.7 Å². The molecule has 5 nitrogen and oxygen atoms in total. The van der Waals surface area contributed by atoms with Crippen molar-refractivity contribution in [1.29, 1.82) is 0 Å². The molecule has 2 aromatic carbocycles. The molecule has 0 aromatic heterocycles. The largest absolute Gasteiger partial charge is 0.351 e. The third-order valence-electron chi connectivity index (χ3n) is 4.84. The zero-order valence-electron chi connectivity index (χ0n) is 16.0. The number of amides is 1. The standard InChI is InChI=1S/C21H26N2O3S2/c1-17-8-5-6-14-23(17)28(25,26)20-12-7-9-18(16-20)21(24)22-13-15-27-19-10-3-2-4-11-19/h2-4,7,9-12,16-17H,5-6,8,13-15H2,1H3,(H,22,24). The van der Waals surface area contributed by atoms with Gasteiger partial charge in [-0.3, -0.25) is 4.79 Å². The summed E-state index contributed by atoms with van der Waals surface area (Å²) in [6.07, 6.45) is 2.80. The third-order valence-corrected chi connectivity index (χ3v) is 7.87. The summed E-state index contributed by atoms with van der Waals surface area (Å²) >= 11 is 1.67. The van der Waals surface area contributed by atoms with Crippen molar-refractivity contribution in [3.8, 4) is 0 Å². The molecule has 150 valence electrons. The van der Waals surface area contributed by atoms with Crippen LogP contribution in [-0.2, 0) is 10.0 Å². The zero-order valence-corrected chi connectivity index (χ0v) is 17.6. The molecule has 0 spiro atoms. The highest BCUT2D eigenvalue weighted by Crippen LogP contribution is 2.25. The molecule has 7 heteroatoms. The van der Waals surface area contributed by atoms with Gasteiger partial charge in [-0.2, -0.15) is 4.31 Å². The Morgan fingerprint density at radius 3 is 2.68 bits per heavy atom. The minimum Gasteiger partial charge on any atom is -0.351 e. The molecular formula is C21H26N2O3S2. The zero-order chi connectivity index (χ0) is 20.0. The van der Waals surface area contributed by atoms with E-state index < -0.39 is 10.0 Å². The molecule has 1 unspecified atom stereocenters. The van der Waals surface area contributed by atoms with E-state index in [-0.39, 0.29) is 16.8 Å². The molecular weight excluding hydrogens is 392 g/mol. The first-order chi connectivity index (χ1) is 13.5. The maximum Gasteiger partial charge on any atom is 0.251 e. The van der Waals surface area contributed by atoms with Crippen LogP contribution in [0.15, 0.2) is 64.4 Å². The summed E-state index contributed by atoms with van der Waals surface area (Å²) in [7, 11) is -3.58. The SMILES string of the molecule is CC1CCCCN1S(=O)(=O)c1cccc(C(=O)NCCSc2ccccc2)c1. The molecule has 0 aliphatic carbocycles. The Bertz CT molecular complexity index is 901. The van der Waals surface area contributed by atoms with Crippen LogP contribution in [0.4, 0.5) is 0 Å². The molecule has 0 bridgehead atoms. The Kier molecular flexibility index (Phi) is 7.15. The van der Waals surface area contributed by atoms with Gasteiger partial charge in [-0.15, -0.1) is 11.8 Å². The van der Waals surface area contributed by atoms with Gasteiger partial charge in [-0.05, 0) is 50.1 Å². The van der Waals surface area contributed by atoms with Gasteiger partial charge < -0.3 is 5.32 Å². The van der Waals surface area contributed by atoms with Crippen LogP contribution in [0.25, 0.3) is 0 Å². The summed E-state index contributed by atoms with van der Waals surface area (Å²) in [5.41, 5.74) is 0.371. The molecule has 28 heavy (non-hydrogen) atoms. The predicted octanol–water partition coefficient (Wildman–Crippen LogP) is 3.77. The Morgan fingerprint density at radius 1 is 1.14 bits per heavy atom. The highest BCUT2D eigenvalue weighted by Gasteiger charge is 2.31. The number of thioether (sulfide) groups is 1. The summed E-state index contributed by atoms with van der Waals surface area (Å²) in [6.45, 7) is 2.99. The van der Waals surface area contributed by atoms with Crippen molar-refractivity contribution in [2.75, 3.05) is 18.8 Å². The van der Waals surface area contributed by atoms with Crippen molar-refractivity contribution >= 4 is 27.7 Å². The molecule has 1 aliphatic heterocycles. The summed E-state index contributed by atoms with van der Waals surface area (Å²) in [5, 5.41) is 2.87. The van der Waals surface area contributed by atoms with E-state index in [1.54, 1.807) is 34.3 Å². The third kappa shape index (κ3) is 5.16. The van der Waals surface area contributed by atoms with E-state index in [2.05, 4.69) is 5.32 Å². The minimum atomic E-state index is -3.58. The van der Waals surface area contributed by atoms with Crippen molar-refractivity contribution in [2.45, 2.75) is 42.0 Å². The van der Waals surface area contributed by atoms with Crippen LogP contribution in [0.3, 0.4) is 0 Å². The van der Waals surface area contributed by atoms with E-state index in [0.29, 0.717) is 18.7 Å². The Labute approximate surface area is 171 Å². The summed E-state index contributed by atoms with van der Waals surface area (Å²) < 4.78 is 27.5. The van der Waals surface area contributed by atoms with Gasteiger partial charge in [0.15, 0.2) is 0 Å². The summed E-state index contributed by atoms with van der Waals surface area (Å²) in [4.78, 5) is 13.8. The second-order valence-electron chi connectivity index (χ2n) is 6.91. The molecule has 1 heterocycles. The maximum absolute atomic E-state index is 13.0. The van der Waals surface area contributed by atoms with Crippen molar-refractivity contribution < 1.29 is 13.2 Å². The monoisotopic (exact) mass is 418 g/mol. The highest BCUT2D eigenvalue weighted by molar-refractivity contribution is 7.99. The minimum absolute atomic E-state index is 0.00811. The molecule has 1 aliphatic rings. The van der Waals surface area contributed by atoms with Crippen LogP contribution in [0.2, 0.25) is 0 Å². The van der Waals surface area contributed by atoms with Crippen LogP contribution < -0.4 is 5.32 Å². The first-order valence-electron chi connectivity index (χ1n) is 9.56. The average molecular weight is 419 g/mol. The van der Waals surface area contributed by atoms with Crippen LogP contribution >= 0.6 is 11.8 Å². The lowest BCUT2D eigenvalue weighted by atomic mass is 10.1. The van der Waals surface area contributed by atoms with Gasteiger partial charge in [0.2, 0.25) is 10.0 Å². The van der Waals surface area contributed by atoms with Gasteiger partial charge >= 0.3 is 0 Å². The van der Waals surface area contributed by atoms with Gasteiger partial charge in [0, 0.05) is 35.3 Å². The van der Waals surface area contributed by atoms with Crippen molar-refractivity contribution in [3.05, 3.63) is 60.2 Å². The Balaban J connectivity index is 1.61. The second kappa shape index (κ2) is 9.58. The lowest BCUT2D eigenvalue weighted by Gasteiger charge is -2.32. The number of nitrogens with zero attached hydrogens (tertiary/aromatic N) is 1. The molecule has 2 aromatic rings. The smallest absolute Gasteiger partial charge is 0.251 e. The number of carbonyl (C=O) groups is 1. The quantitative estimate of drug-likeness (QED) is 0.549. The number of benzene rings is 2. The van der Waals surface area contributed by atoms with Crippen molar-refractivity contribution in [2.24, 2.45) is 0 Å². The molecule has 1 saturated heterocycles. The highest BCUT2D eigenvalue weighted by atomic mass is 32.2. The van der Waals surface area contributed by atoms with Crippen LogP contribution in [0.5, 0.6) is 0 Å². The van der Waals surface area contributed by atoms with E-state index in [9.17, 15) is 13.2 Å². The van der Waals surface area contributed by atoms with Crippen LogP contribution in [0.1, 0.15) is 36.5 Å². The second-order valence-corrected chi connectivity index (χ2v) is 9.96. The van der Waals surface area contributed by atoms with E-state index >= 15 is 0 Å². The number of nitrogens with one attached hydrogen (secondary N) is 1. The van der Waals surface area contributed by atoms with Gasteiger partial charge in [0.25, 0.3) is 5.91 Å². The summed E-state index contributed by atoms with van der Waals surface area (Å²) in [5.74, 6) is 0.497. The lowest BCUT2D eigenvalue weighted by molar-refractivity contribution is 0.0956. The Hall–Kier alpha value is -1.83. The molecule has 0 radical (unpaired) electrons. The molecule has 1 amide bonds. The number of carbonyl (C=O) groups excluding carboxylic acids is 1. The fraction of sp³-hybridized carbons (Fsp3) is 0.381. The predicted molar refractivity (Wildman–Crippen MR) is 113 cm³/mol. The molecule has 0 saturated carbocycles. The van der Waals surface area contributed by atoms with Gasteiger partial charge in [0.1, 0.15) is 0 Å². The molecule has 1 N–H and O–H groups in total. The number of rotatable bonds is 7. The number of hydrogen-bond acceptors (Lipinski definition) is 4. The van der Waals surface area contributed by atoms with E-state index in [1.165, 1.54) is 6.07 Å². The topological polar surface area (TPSA) is 66.5 Å². The van der Waals surface area contributed by atoms with Crippen molar-refractivity contribution in [1.82, 2.24) is 9.62 Å². The van der Waals surface area contributed by atoms with Crippen LogP contribution in [0, 0.1) is 0 Å². The van der Waals surface area contributed by atoms with Gasteiger partial charge in [0.05, 0.1) is 4.90 Å². The van der Waals surface area contributed by atoms with E-state index in [0.717, 1.165) is 29.9 Å². The molecule has 3 rings (SSSR count). The van der Waals surface area contributed by atoms with Crippen molar-refractivity contribution in [3.63, 3.8) is 0 Å². The average Bonchev–Trinajstić information content (AvgIpc) is 2.72. The fourth-order valence-corrected chi connectivity index (χ4v) is 5.85. The lowest BCUT2D eigenvalue weighted by Crippen LogP contribution is -2.42. The number of piperidine rings is 1. The number of hydrogen-bond donors (Lipinski definition) is 1. The van der Waals surface area contributed by atoms with E-state index in [4.69, 9.17) is 0 Å². The summed E-state index contributed by atoms with van der Waals surface area (Å²) in [6, 6.07) is 16.3. The van der Waals surface area contributed by atoms with Crippen LogP contribution in [-0.4, -0.2) is 43.5 Å². The van der Waals surface area contributed by atoms with Gasteiger partial charge in [-0.25, -0.2) is 8.42 Å². The first kappa shape index (κ1) is 20.9. The Morgan fingerprint density at radius 2 is 1.93 bits per heavy atom. The maximum atomic E-state index is 13.0. The van der Waals surface area contributed by atoms with E-state index in [1.807, 2.05) is 37.3 Å². The number of sulfonamides is 1. The normalized spacial score (nSPS) is 18.0. The molecule has 1 atom stereocenters. The molecule has 1 fully saturated rings.